The number of nitrogens with one attached hydrogen (secondary N) is 2. The molecule has 1 aliphatic carbocycles. The monoisotopic (exact) mass is 304 g/mol. The van der Waals surface area contributed by atoms with Crippen molar-refractivity contribution in [2.75, 3.05) is 6.54 Å². The molecule has 0 fully saturated rings. The molecule has 0 spiro atoms. The van der Waals surface area contributed by atoms with Crippen LogP contribution in [0.15, 0.2) is 34.5 Å². The van der Waals surface area contributed by atoms with Crippen LogP contribution >= 0.6 is 0 Å². The van der Waals surface area contributed by atoms with Crippen molar-refractivity contribution in [3.8, 4) is 0 Å². The minimum Gasteiger partial charge on any atom is -0.469 e. The maximum Gasteiger partial charge on any atom is 0.309 e. The molecule has 120 valence electrons. The van der Waals surface area contributed by atoms with Crippen molar-refractivity contribution in [2.45, 2.75) is 51.5 Å². The molecular formula is C17H24N2O3. The summed E-state index contributed by atoms with van der Waals surface area (Å²) >= 11 is 0. The van der Waals surface area contributed by atoms with Gasteiger partial charge in [-0.1, -0.05) is 11.6 Å². The van der Waals surface area contributed by atoms with Gasteiger partial charge in [-0.05, 0) is 51.2 Å². The SMILES string of the molecule is C[C@H](Cc1ccco1)NC(=O)C(=O)NCCC1=CCCCC1. The smallest absolute Gasteiger partial charge is 0.309 e. The Kier molecular flexibility index (Phi) is 6.25. The fourth-order valence-corrected chi connectivity index (χ4v) is 2.62. The lowest BCUT2D eigenvalue weighted by Crippen LogP contribution is -2.44. The predicted octanol–water partition coefficient (Wildman–Crippen LogP) is 2.33. The molecule has 0 unspecified atom stereocenters. The third-order valence-corrected chi connectivity index (χ3v) is 3.79. The largest absolute Gasteiger partial charge is 0.469 e. The third kappa shape index (κ3) is 5.39. The highest BCUT2D eigenvalue weighted by Gasteiger charge is 2.16. The number of carbonyl (C=O) groups excluding carboxylic acids is 2. The summed E-state index contributed by atoms with van der Waals surface area (Å²) in [6.07, 6.45) is 9.98. The quantitative estimate of drug-likeness (QED) is 0.626. The first kappa shape index (κ1) is 16.3. The first-order valence-electron chi connectivity index (χ1n) is 7.94. The van der Waals surface area contributed by atoms with E-state index in [4.69, 9.17) is 4.42 Å². The van der Waals surface area contributed by atoms with Crippen LogP contribution in [0.3, 0.4) is 0 Å². The van der Waals surface area contributed by atoms with Crippen molar-refractivity contribution in [3.05, 3.63) is 35.8 Å². The Labute approximate surface area is 131 Å². The highest BCUT2D eigenvalue weighted by atomic mass is 16.3. The van der Waals surface area contributed by atoms with Crippen LogP contribution in [0.5, 0.6) is 0 Å². The fraction of sp³-hybridized carbons (Fsp3) is 0.529. The van der Waals surface area contributed by atoms with Gasteiger partial charge in [0.1, 0.15) is 5.76 Å². The Bertz CT molecular complexity index is 520. The van der Waals surface area contributed by atoms with E-state index in [0.717, 1.165) is 25.0 Å². The highest BCUT2D eigenvalue weighted by molar-refractivity contribution is 6.35. The van der Waals surface area contributed by atoms with Gasteiger partial charge in [-0.2, -0.15) is 0 Å². The summed E-state index contributed by atoms with van der Waals surface area (Å²) in [5.74, 6) is -0.364. The number of allylic oxidation sites excluding steroid dienone is 1. The van der Waals surface area contributed by atoms with E-state index in [0.29, 0.717) is 13.0 Å². The molecule has 1 aromatic heterocycles. The van der Waals surface area contributed by atoms with E-state index in [-0.39, 0.29) is 6.04 Å². The Morgan fingerprint density at radius 3 is 2.86 bits per heavy atom. The second-order valence-electron chi connectivity index (χ2n) is 5.77. The molecule has 0 radical (unpaired) electrons. The number of hydrogen-bond donors (Lipinski definition) is 2. The number of hydrogen-bond acceptors (Lipinski definition) is 3. The highest BCUT2D eigenvalue weighted by Crippen LogP contribution is 2.19. The lowest BCUT2D eigenvalue weighted by Gasteiger charge is -2.14. The summed E-state index contributed by atoms with van der Waals surface area (Å²) in [5, 5.41) is 5.36. The van der Waals surface area contributed by atoms with Crippen LogP contribution in [0.1, 0.15) is 44.8 Å². The van der Waals surface area contributed by atoms with Crippen LogP contribution in [0.4, 0.5) is 0 Å². The molecule has 1 atom stereocenters. The van der Waals surface area contributed by atoms with Crippen LogP contribution in [0.25, 0.3) is 0 Å². The van der Waals surface area contributed by atoms with Gasteiger partial charge in [0.05, 0.1) is 6.26 Å². The molecule has 0 bridgehead atoms. The maximum absolute atomic E-state index is 11.8. The average Bonchev–Trinajstić information content (AvgIpc) is 3.00. The Hall–Kier alpha value is -2.04. The summed E-state index contributed by atoms with van der Waals surface area (Å²) in [6.45, 7) is 2.37. The van der Waals surface area contributed by atoms with Crippen molar-refractivity contribution in [1.82, 2.24) is 10.6 Å². The Morgan fingerprint density at radius 1 is 1.32 bits per heavy atom. The molecule has 0 saturated heterocycles. The van der Waals surface area contributed by atoms with Crippen molar-refractivity contribution >= 4 is 11.8 Å². The lowest BCUT2D eigenvalue weighted by atomic mass is 9.97. The van der Waals surface area contributed by atoms with Crippen LogP contribution in [0, 0.1) is 0 Å². The van der Waals surface area contributed by atoms with E-state index in [9.17, 15) is 9.59 Å². The van der Waals surface area contributed by atoms with Crippen molar-refractivity contribution in [3.63, 3.8) is 0 Å². The fourth-order valence-electron chi connectivity index (χ4n) is 2.62. The molecular weight excluding hydrogens is 280 g/mol. The van der Waals surface area contributed by atoms with E-state index in [1.54, 1.807) is 12.3 Å². The summed E-state index contributed by atoms with van der Waals surface area (Å²) in [7, 11) is 0. The van der Waals surface area contributed by atoms with Gasteiger partial charge in [-0.25, -0.2) is 0 Å². The zero-order valence-electron chi connectivity index (χ0n) is 13.1. The number of rotatable bonds is 6. The van der Waals surface area contributed by atoms with E-state index in [2.05, 4.69) is 16.7 Å². The summed E-state index contributed by atoms with van der Waals surface area (Å²) in [4.78, 5) is 23.6. The number of carbonyl (C=O) groups is 2. The van der Waals surface area contributed by atoms with Gasteiger partial charge in [0.2, 0.25) is 0 Å². The summed E-state index contributed by atoms with van der Waals surface area (Å²) < 4.78 is 5.22. The van der Waals surface area contributed by atoms with E-state index >= 15 is 0 Å². The van der Waals surface area contributed by atoms with Gasteiger partial charge in [-0.3, -0.25) is 9.59 Å². The molecule has 2 N–H and O–H groups in total. The summed E-state index contributed by atoms with van der Waals surface area (Å²) in [5.41, 5.74) is 1.39. The standard InChI is InChI=1S/C17H24N2O3/c1-13(12-15-8-5-11-22-15)19-17(21)16(20)18-10-9-14-6-3-2-4-7-14/h5-6,8,11,13H,2-4,7,9-10,12H2,1H3,(H,18,20)(H,19,21)/t13-/m1/s1. The molecule has 2 rings (SSSR count). The van der Waals surface area contributed by atoms with E-state index in [1.807, 2.05) is 13.0 Å². The Morgan fingerprint density at radius 2 is 2.18 bits per heavy atom. The molecule has 0 aromatic carbocycles. The predicted molar refractivity (Wildman–Crippen MR) is 84.2 cm³/mol. The topological polar surface area (TPSA) is 71.3 Å². The maximum atomic E-state index is 11.8. The van der Waals surface area contributed by atoms with Crippen LogP contribution in [0.2, 0.25) is 0 Å². The molecule has 2 amide bonds. The van der Waals surface area contributed by atoms with Crippen molar-refractivity contribution in [2.24, 2.45) is 0 Å². The third-order valence-electron chi connectivity index (χ3n) is 3.79. The van der Waals surface area contributed by atoms with Gasteiger partial charge in [0, 0.05) is 19.0 Å². The van der Waals surface area contributed by atoms with Gasteiger partial charge >= 0.3 is 11.8 Å². The molecule has 1 aliphatic rings. The lowest BCUT2D eigenvalue weighted by molar-refractivity contribution is -0.139. The first-order valence-corrected chi connectivity index (χ1v) is 7.94. The molecule has 22 heavy (non-hydrogen) atoms. The van der Waals surface area contributed by atoms with Gasteiger partial charge in [-0.15, -0.1) is 0 Å². The first-order chi connectivity index (χ1) is 10.6. The zero-order valence-corrected chi connectivity index (χ0v) is 13.1. The van der Waals surface area contributed by atoms with Gasteiger partial charge in [0.25, 0.3) is 0 Å². The second kappa shape index (κ2) is 8.41. The molecule has 1 heterocycles. The minimum atomic E-state index is -0.586. The van der Waals surface area contributed by atoms with E-state index < -0.39 is 11.8 Å². The second-order valence-corrected chi connectivity index (χ2v) is 5.77. The minimum absolute atomic E-state index is 0.148. The van der Waals surface area contributed by atoms with Crippen LogP contribution < -0.4 is 10.6 Å². The Balaban J connectivity index is 1.65. The molecule has 5 heteroatoms. The zero-order chi connectivity index (χ0) is 15.8. The summed E-state index contributed by atoms with van der Waals surface area (Å²) in [6, 6.07) is 3.50. The average molecular weight is 304 g/mol. The van der Waals surface area contributed by atoms with Crippen molar-refractivity contribution < 1.29 is 14.0 Å². The molecule has 5 nitrogen and oxygen atoms in total. The number of furan rings is 1. The van der Waals surface area contributed by atoms with Gasteiger partial charge < -0.3 is 15.1 Å². The van der Waals surface area contributed by atoms with Crippen molar-refractivity contribution in [1.29, 1.82) is 0 Å². The van der Waals surface area contributed by atoms with E-state index in [1.165, 1.54) is 18.4 Å². The van der Waals surface area contributed by atoms with Crippen LogP contribution in [-0.4, -0.2) is 24.4 Å². The van der Waals surface area contributed by atoms with Crippen LogP contribution in [-0.2, 0) is 16.0 Å². The number of amides is 2. The molecule has 1 aromatic rings. The normalized spacial score (nSPS) is 15.8. The van der Waals surface area contributed by atoms with Gasteiger partial charge in [0.15, 0.2) is 0 Å². The molecule has 0 saturated carbocycles. The molecule has 0 aliphatic heterocycles.